The Kier molecular flexibility index (Phi) is 4.28. The number of hydrogen-bond acceptors (Lipinski definition) is 2. The van der Waals surface area contributed by atoms with Gasteiger partial charge in [-0.1, -0.05) is 0 Å². The predicted molar refractivity (Wildman–Crippen MR) is 67.5 cm³/mol. The minimum Gasteiger partial charge on any atom is -0.399 e. The van der Waals surface area contributed by atoms with Crippen LogP contribution in [0.3, 0.4) is 0 Å². The van der Waals surface area contributed by atoms with Gasteiger partial charge in [-0.3, -0.25) is 0 Å². The molecule has 2 N–H and O–H groups in total. The van der Waals surface area contributed by atoms with E-state index in [0.717, 1.165) is 3.57 Å². The summed E-state index contributed by atoms with van der Waals surface area (Å²) in [5.41, 5.74) is 6.67. The van der Waals surface area contributed by atoms with E-state index in [9.17, 15) is 13.2 Å². The Bertz CT molecular complexity index is 366. The molecular weight excluding hydrogens is 332 g/mol. The molecule has 16 heavy (non-hydrogen) atoms. The summed E-state index contributed by atoms with van der Waals surface area (Å²) in [5, 5.41) is 0. The van der Waals surface area contributed by atoms with Crippen LogP contribution in [0.15, 0.2) is 18.2 Å². The molecule has 0 fully saturated rings. The van der Waals surface area contributed by atoms with Gasteiger partial charge in [0.05, 0.1) is 5.69 Å². The van der Waals surface area contributed by atoms with E-state index in [0.29, 0.717) is 17.9 Å². The van der Waals surface area contributed by atoms with Crippen LogP contribution < -0.4 is 10.6 Å². The van der Waals surface area contributed by atoms with Gasteiger partial charge in [0.15, 0.2) is 0 Å². The van der Waals surface area contributed by atoms with E-state index >= 15 is 0 Å². The highest BCUT2D eigenvalue weighted by Crippen LogP contribution is 2.27. The van der Waals surface area contributed by atoms with Crippen molar-refractivity contribution < 1.29 is 13.2 Å². The Labute approximate surface area is 106 Å². The molecule has 0 radical (unpaired) electrons. The van der Waals surface area contributed by atoms with E-state index in [1.807, 2.05) is 22.6 Å². The fourth-order valence-corrected chi connectivity index (χ4v) is 2.24. The number of alkyl halides is 3. The zero-order valence-electron chi connectivity index (χ0n) is 8.68. The summed E-state index contributed by atoms with van der Waals surface area (Å²) in [6.45, 7) is 1.06. The number of anilines is 2. The monoisotopic (exact) mass is 344 g/mol. The van der Waals surface area contributed by atoms with Gasteiger partial charge in [0.2, 0.25) is 0 Å². The van der Waals surface area contributed by atoms with Gasteiger partial charge in [0, 0.05) is 15.8 Å². The summed E-state index contributed by atoms with van der Waals surface area (Å²) in [6.07, 6.45) is -4.19. The lowest BCUT2D eigenvalue weighted by atomic mass is 10.2. The number of rotatable bonds is 3. The second-order valence-electron chi connectivity index (χ2n) is 3.34. The summed E-state index contributed by atoms with van der Waals surface area (Å²) in [7, 11) is 0. The first-order valence-corrected chi connectivity index (χ1v) is 5.78. The van der Waals surface area contributed by atoms with Gasteiger partial charge in [-0.05, 0) is 47.7 Å². The quantitative estimate of drug-likeness (QED) is 0.674. The predicted octanol–water partition coefficient (Wildman–Crippen LogP) is 3.26. The Morgan fingerprint density at radius 3 is 2.44 bits per heavy atom. The molecule has 1 aromatic rings. The Balaban J connectivity index is 2.95. The summed E-state index contributed by atoms with van der Waals surface area (Å²) in [5.74, 6) is 0. The maximum absolute atomic E-state index is 12.3. The van der Waals surface area contributed by atoms with Gasteiger partial charge in [-0.15, -0.1) is 0 Å². The first-order valence-electron chi connectivity index (χ1n) is 4.70. The smallest absolute Gasteiger partial charge is 0.399 e. The van der Waals surface area contributed by atoms with Gasteiger partial charge >= 0.3 is 6.18 Å². The second kappa shape index (κ2) is 5.11. The fraction of sp³-hybridized carbons (Fsp3) is 0.400. The lowest BCUT2D eigenvalue weighted by molar-refractivity contribution is -0.119. The molecule has 0 amide bonds. The lowest BCUT2D eigenvalue weighted by Gasteiger charge is -2.25. The summed E-state index contributed by atoms with van der Waals surface area (Å²) < 4.78 is 37.7. The maximum atomic E-state index is 12.3. The van der Waals surface area contributed by atoms with Gasteiger partial charge in [-0.2, -0.15) is 13.2 Å². The minimum absolute atomic E-state index is 0.305. The molecule has 2 nitrogen and oxygen atoms in total. The summed E-state index contributed by atoms with van der Waals surface area (Å²) >= 11 is 1.99. The first-order chi connectivity index (χ1) is 7.33. The van der Waals surface area contributed by atoms with Gasteiger partial charge in [-0.25, -0.2) is 0 Å². The fourth-order valence-electron chi connectivity index (χ4n) is 1.36. The number of halogens is 4. The molecule has 0 aromatic heterocycles. The molecular formula is C10H12F3IN2. The van der Waals surface area contributed by atoms with Crippen LogP contribution in [0, 0.1) is 3.57 Å². The van der Waals surface area contributed by atoms with Crippen molar-refractivity contribution in [1.82, 2.24) is 0 Å². The highest BCUT2D eigenvalue weighted by atomic mass is 127. The molecule has 90 valence electrons. The second-order valence-corrected chi connectivity index (χ2v) is 4.50. The van der Waals surface area contributed by atoms with Crippen molar-refractivity contribution in [3.05, 3.63) is 21.8 Å². The average Bonchev–Trinajstić information content (AvgIpc) is 2.13. The summed E-state index contributed by atoms with van der Waals surface area (Å²) in [4.78, 5) is 1.28. The van der Waals surface area contributed by atoms with Crippen LogP contribution in [0.4, 0.5) is 24.5 Å². The van der Waals surface area contributed by atoms with E-state index in [-0.39, 0.29) is 0 Å². The maximum Gasteiger partial charge on any atom is 0.405 e. The van der Waals surface area contributed by atoms with Crippen LogP contribution >= 0.6 is 22.6 Å². The molecule has 0 aliphatic carbocycles. The van der Waals surface area contributed by atoms with E-state index in [4.69, 9.17) is 5.73 Å². The SMILES string of the molecule is CCN(CC(F)(F)F)c1ccc(N)cc1I. The zero-order chi connectivity index (χ0) is 12.3. The van der Waals surface area contributed by atoms with Crippen molar-refractivity contribution in [1.29, 1.82) is 0 Å². The molecule has 0 aliphatic rings. The lowest BCUT2D eigenvalue weighted by Crippen LogP contribution is -2.34. The number of hydrogen-bond donors (Lipinski definition) is 1. The molecule has 0 spiro atoms. The van der Waals surface area contributed by atoms with Crippen molar-refractivity contribution in [2.24, 2.45) is 0 Å². The Morgan fingerprint density at radius 1 is 1.38 bits per heavy atom. The van der Waals surface area contributed by atoms with Crippen LogP contribution in [0.5, 0.6) is 0 Å². The van der Waals surface area contributed by atoms with E-state index in [1.165, 1.54) is 4.90 Å². The highest BCUT2D eigenvalue weighted by molar-refractivity contribution is 14.1. The third kappa shape index (κ3) is 3.73. The average molecular weight is 344 g/mol. The van der Waals surface area contributed by atoms with Crippen LogP contribution in [0.1, 0.15) is 6.92 Å². The first kappa shape index (κ1) is 13.4. The molecule has 0 heterocycles. The van der Waals surface area contributed by atoms with E-state index < -0.39 is 12.7 Å². The third-order valence-corrected chi connectivity index (χ3v) is 2.93. The number of nitrogens with zero attached hydrogens (tertiary/aromatic N) is 1. The topological polar surface area (TPSA) is 29.3 Å². The van der Waals surface area contributed by atoms with Crippen LogP contribution in [-0.2, 0) is 0 Å². The molecule has 0 saturated carbocycles. The highest BCUT2D eigenvalue weighted by Gasteiger charge is 2.30. The standard InChI is InChI=1S/C10H12F3IN2/c1-2-16(6-10(11,12)13)9-4-3-7(15)5-8(9)14/h3-5H,2,6,15H2,1H3. The van der Waals surface area contributed by atoms with Crippen molar-refractivity contribution in [3.8, 4) is 0 Å². The Hall–Kier alpha value is -0.660. The number of benzene rings is 1. The van der Waals surface area contributed by atoms with E-state index in [1.54, 1.807) is 25.1 Å². The van der Waals surface area contributed by atoms with Crippen molar-refractivity contribution in [2.75, 3.05) is 23.7 Å². The zero-order valence-corrected chi connectivity index (χ0v) is 10.8. The molecule has 0 bridgehead atoms. The minimum atomic E-state index is -4.19. The molecule has 1 aromatic carbocycles. The van der Waals surface area contributed by atoms with Crippen molar-refractivity contribution in [3.63, 3.8) is 0 Å². The number of nitrogen functional groups attached to an aromatic ring is 1. The van der Waals surface area contributed by atoms with Gasteiger partial charge in [0.25, 0.3) is 0 Å². The van der Waals surface area contributed by atoms with E-state index in [2.05, 4.69) is 0 Å². The summed E-state index contributed by atoms with van der Waals surface area (Å²) in [6, 6.07) is 4.89. The van der Waals surface area contributed by atoms with Crippen LogP contribution in [0.2, 0.25) is 0 Å². The normalized spacial score (nSPS) is 11.6. The largest absolute Gasteiger partial charge is 0.405 e. The van der Waals surface area contributed by atoms with Gasteiger partial charge in [0.1, 0.15) is 6.54 Å². The molecule has 0 unspecified atom stereocenters. The van der Waals surface area contributed by atoms with Crippen LogP contribution in [0.25, 0.3) is 0 Å². The van der Waals surface area contributed by atoms with Gasteiger partial charge < -0.3 is 10.6 Å². The van der Waals surface area contributed by atoms with Crippen LogP contribution in [-0.4, -0.2) is 19.3 Å². The molecule has 0 aliphatic heterocycles. The molecule has 0 atom stereocenters. The van der Waals surface area contributed by atoms with Crippen molar-refractivity contribution in [2.45, 2.75) is 13.1 Å². The third-order valence-electron chi connectivity index (χ3n) is 2.06. The molecule has 0 saturated heterocycles. The molecule has 1 rings (SSSR count). The van der Waals surface area contributed by atoms with Crippen molar-refractivity contribution >= 4 is 34.0 Å². The number of nitrogens with two attached hydrogens (primary N) is 1. The Morgan fingerprint density at radius 2 is 2.00 bits per heavy atom. The molecule has 6 heteroatoms.